The highest BCUT2D eigenvalue weighted by Crippen LogP contribution is 2.11. The third kappa shape index (κ3) is 9.14. The normalized spacial score (nSPS) is 15.8. The van der Waals surface area contributed by atoms with Crippen LogP contribution >= 0.6 is 0 Å². The summed E-state index contributed by atoms with van der Waals surface area (Å²) in [5.41, 5.74) is -0.510. The Morgan fingerprint density at radius 1 is 1.21 bits per heavy atom. The molecule has 0 aromatic rings. The third-order valence-corrected chi connectivity index (χ3v) is 4.12. The highest BCUT2D eigenvalue weighted by atomic mass is 16.6. The predicted octanol–water partition coefficient (Wildman–Crippen LogP) is 2.03. The van der Waals surface area contributed by atoms with Crippen LogP contribution in [0.2, 0.25) is 0 Å². The van der Waals surface area contributed by atoms with Crippen LogP contribution in [0, 0.1) is 0 Å². The number of likely N-dealkylation sites (N-methyl/N-ethyl adjacent to an activating group) is 1. The summed E-state index contributed by atoms with van der Waals surface area (Å²) in [5, 5.41) is 6.64. The average Bonchev–Trinajstić information content (AvgIpc) is 2.61. The fourth-order valence-corrected chi connectivity index (χ4v) is 2.68. The number of piperidine rings is 1. The fraction of sp³-hybridized carbons (Fsp3) is 0.842. The molecule has 1 heterocycles. The van der Waals surface area contributed by atoms with Gasteiger partial charge in [-0.25, -0.2) is 9.59 Å². The topological polar surface area (TPSA) is 95.5 Å². The van der Waals surface area contributed by atoms with E-state index in [2.05, 4.69) is 15.6 Å². The van der Waals surface area contributed by atoms with Crippen molar-refractivity contribution in [1.29, 1.82) is 0 Å². The molecule has 162 valence electrons. The maximum atomic E-state index is 12.0. The van der Waals surface area contributed by atoms with Crippen LogP contribution in [0.25, 0.3) is 0 Å². The molecule has 1 aliphatic heterocycles. The zero-order valence-corrected chi connectivity index (χ0v) is 18.2. The molecule has 1 aliphatic rings. The number of hydrogen-bond acceptors (Lipinski definition) is 5. The van der Waals surface area contributed by atoms with Gasteiger partial charge in [0.05, 0.1) is 13.2 Å². The quantitative estimate of drug-likeness (QED) is 0.524. The number of aliphatic imine (C=N–C) groups is 1. The molecule has 0 bridgehead atoms. The molecular weight excluding hydrogens is 362 g/mol. The van der Waals surface area contributed by atoms with Crippen LogP contribution in [0.5, 0.6) is 0 Å². The van der Waals surface area contributed by atoms with Gasteiger partial charge in [0.25, 0.3) is 0 Å². The SMILES string of the molecule is CCNC(=NCCN(C)C(=O)OC(C)(C)C)NC1CCN(C(=O)OCC)CC1. The number of amides is 2. The Morgan fingerprint density at radius 2 is 1.86 bits per heavy atom. The molecule has 0 aromatic carbocycles. The second-order valence-electron chi connectivity index (χ2n) is 7.77. The van der Waals surface area contributed by atoms with Crippen LogP contribution in [0.3, 0.4) is 0 Å². The molecule has 0 atom stereocenters. The summed E-state index contributed by atoms with van der Waals surface area (Å²) in [5.74, 6) is 0.717. The largest absolute Gasteiger partial charge is 0.450 e. The second-order valence-corrected chi connectivity index (χ2v) is 7.77. The van der Waals surface area contributed by atoms with E-state index in [1.165, 1.54) is 4.90 Å². The first-order valence-corrected chi connectivity index (χ1v) is 10.1. The summed E-state index contributed by atoms with van der Waals surface area (Å²) in [7, 11) is 1.70. The lowest BCUT2D eigenvalue weighted by atomic mass is 10.1. The third-order valence-electron chi connectivity index (χ3n) is 4.12. The number of carbonyl (C=O) groups excluding carboxylic acids is 2. The standard InChI is InChI=1S/C19H37N5O4/c1-7-20-16(21-11-14-23(6)17(25)28-19(3,4)5)22-15-9-12-24(13-10-15)18(26)27-8-2/h15H,7-14H2,1-6H3,(H2,20,21,22). The smallest absolute Gasteiger partial charge is 0.410 e. The van der Waals surface area contributed by atoms with Crippen molar-refractivity contribution in [3.8, 4) is 0 Å². The summed E-state index contributed by atoms with van der Waals surface area (Å²) in [6, 6.07) is 0.243. The zero-order valence-electron chi connectivity index (χ0n) is 18.2. The molecule has 0 radical (unpaired) electrons. The van der Waals surface area contributed by atoms with Crippen molar-refractivity contribution in [3.05, 3.63) is 0 Å². The van der Waals surface area contributed by atoms with Crippen LogP contribution in [-0.4, -0.2) is 86.0 Å². The molecule has 0 saturated carbocycles. The Morgan fingerprint density at radius 3 is 2.39 bits per heavy atom. The number of likely N-dealkylation sites (tertiary alicyclic amines) is 1. The summed E-state index contributed by atoms with van der Waals surface area (Å²) >= 11 is 0. The minimum Gasteiger partial charge on any atom is -0.450 e. The lowest BCUT2D eigenvalue weighted by Gasteiger charge is -2.32. The minimum absolute atomic E-state index is 0.243. The summed E-state index contributed by atoms with van der Waals surface area (Å²) in [4.78, 5) is 31.6. The summed E-state index contributed by atoms with van der Waals surface area (Å²) in [6.07, 6.45) is 1.07. The fourth-order valence-electron chi connectivity index (χ4n) is 2.68. The molecule has 9 heteroatoms. The van der Waals surface area contributed by atoms with E-state index < -0.39 is 5.60 Å². The summed E-state index contributed by atoms with van der Waals surface area (Å²) < 4.78 is 10.4. The minimum atomic E-state index is -0.510. The molecule has 1 fully saturated rings. The molecular formula is C19H37N5O4. The first kappa shape index (κ1) is 23.8. The maximum absolute atomic E-state index is 12.0. The second kappa shape index (κ2) is 11.6. The highest BCUT2D eigenvalue weighted by molar-refractivity contribution is 5.80. The van der Waals surface area contributed by atoms with E-state index in [0.717, 1.165) is 25.3 Å². The molecule has 1 saturated heterocycles. The van der Waals surface area contributed by atoms with Gasteiger partial charge in [-0.3, -0.25) is 4.99 Å². The number of hydrogen-bond donors (Lipinski definition) is 2. The molecule has 2 amide bonds. The zero-order chi connectivity index (χ0) is 21.2. The van der Waals surface area contributed by atoms with Crippen molar-refractivity contribution < 1.29 is 19.1 Å². The van der Waals surface area contributed by atoms with Gasteiger partial charge in [-0.1, -0.05) is 0 Å². The van der Waals surface area contributed by atoms with Gasteiger partial charge in [-0.15, -0.1) is 0 Å². The molecule has 0 unspecified atom stereocenters. The van der Waals surface area contributed by atoms with Gasteiger partial charge >= 0.3 is 12.2 Å². The molecule has 9 nitrogen and oxygen atoms in total. The predicted molar refractivity (Wildman–Crippen MR) is 110 cm³/mol. The Hall–Kier alpha value is -2.19. The van der Waals surface area contributed by atoms with Crippen LogP contribution in [0.15, 0.2) is 4.99 Å². The number of carbonyl (C=O) groups is 2. The molecule has 0 aliphatic carbocycles. The van der Waals surface area contributed by atoms with E-state index in [0.29, 0.717) is 32.8 Å². The van der Waals surface area contributed by atoms with Gasteiger partial charge in [0.2, 0.25) is 0 Å². The van der Waals surface area contributed by atoms with Gasteiger partial charge in [-0.05, 0) is 47.5 Å². The average molecular weight is 400 g/mol. The van der Waals surface area contributed by atoms with Gasteiger partial charge in [0.15, 0.2) is 5.96 Å². The summed E-state index contributed by atoms with van der Waals surface area (Å²) in [6.45, 7) is 12.8. The van der Waals surface area contributed by atoms with Gasteiger partial charge in [0.1, 0.15) is 5.60 Å². The van der Waals surface area contributed by atoms with Crippen molar-refractivity contribution in [3.63, 3.8) is 0 Å². The van der Waals surface area contributed by atoms with E-state index in [4.69, 9.17) is 9.47 Å². The van der Waals surface area contributed by atoms with Crippen molar-refractivity contribution in [2.45, 2.75) is 59.1 Å². The van der Waals surface area contributed by atoms with Crippen molar-refractivity contribution >= 4 is 18.1 Å². The molecule has 1 rings (SSSR count). The van der Waals surface area contributed by atoms with Gasteiger partial charge < -0.3 is 29.9 Å². The van der Waals surface area contributed by atoms with Crippen molar-refractivity contribution in [2.24, 2.45) is 4.99 Å². The van der Waals surface area contributed by atoms with Crippen molar-refractivity contribution in [2.75, 3.05) is 46.4 Å². The molecule has 2 N–H and O–H groups in total. The Balaban J connectivity index is 2.46. The van der Waals surface area contributed by atoms with Gasteiger partial charge in [0, 0.05) is 39.3 Å². The van der Waals surface area contributed by atoms with E-state index in [1.807, 2.05) is 34.6 Å². The number of rotatable bonds is 6. The monoisotopic (exact) mass is 399 g/mol. The Bertz CT molecular complexity index is 525. The lowest BCUT2D eigenvalue weighted by molar-refractivity contribution is 0.0304. The number of nitrogens with one attached hydrogen (secondary N) is 2. The Labute approximate surface area is 168 Å². The molecule has 28 heavy (non-hydrogen) atoms. The first-order chi connectivity index (χ1) is 13.2. The molecule has 0 aromatic heterocycles. The molecule has 0 spiro atoms. The van der Waals surface area contributed by atoms with Gasteiger partial charge in [-0.2, -0.15) is 0 Å². The van der Waals surface area contributed by atoms with E-state index in [9.17, 15) is 9.59 Å². The van der Waals surface area contributed by atoms with Crippen LogP contribution < -0.4 is 10.6 Å². The van der Waals surface area contributed by atoms with E-state index in [1.54, 1.807) is 11.9 Å². The number of guanidine groups is 1. The number of ether oxygens (including phenoxy) is 2. The van der Waals surface area contributed by atoms with E-state index in [-0.39, 0.29) is 18.2 Å². The van der Waals surface area contributed by atoms with Crippen LogP contribution in [0.4, 0.5) is 9.59 Å². The van der Waals surface area contributed by atoms with Crippen LogP contribution in [-0.2, 0) is 9.47 Å². The first-order valence-electron chi connectivity index (χ1n) is 10.1. The number of nitrogens with zero attached hydrogens (tertiary/aromatic N) is 3. The van der Waals surface area contributed by atoms with Crippen LogP contribution in [0.1, 0.15) is 47.5 Å². The van der Waals surface area contributed by atoms with E-state index >= 15 is 0 Å². The van der Waals surface area contributed by atoms with Crippen molar-refractivity contribution in [1.82, 2.24) is 20.4 Å². The Kier molecular flexibility index (Phi) is 9.89. The lowest BCUT2D eigenvalue weighted by Crippen LogP contribution is -2.50. The maximum Gasteiger partial charge on any atom is 0.410 e. The highest BCUT2D eigenvalue weighted by Gasteiger charge is 2.24.